The maximum absolute atomic E-state index is 12.4. The summed E-state index contributed by atoms with van der Waals surface area (Å²) in [5, 5.41) is 4.53. The smallest absolute Gasteiger partial charge is 0.406 e. The van der Waals surface area contributed by atoms with Crippen LogP contribution in [-0.2, 0) is 6.54 Å². The van der Waals surface area contributed by atoms with Crippen molar-refractivity contribution in [2.24, 2.45) is 0 Å². The summed E-state index contributed by atoms with van der Waals surface area (Å²) in [6.45, 7) is 2.56. The third kappa shape index (κ3) is 4.42. The molecule has 1 saturated heterocycles. The zero-order valence-corrected chi connectivity index (χ0v) is 15.3. The SMILES string of the molecule is FC(F)(F)Oc1ccc(CN(c2ccc3[nH]ccc3c2)C2CCNCC2)cc1. The lowest BCUT2D eigenvalue weighted by Crippen LogP contribution is -2.43. The topological polar surface area (TPSA) is 40.3 Å². The van der Waals surface area contributed by atoms with E-state index in [2.05, 4.69) is 38.1 Å². The van der Waals surface area contributed by atoms with Gasteiger partial charge in [-0.05, 0) is 67.9 Å². The van der Waals surface area contributed by atoms with Crippen molar-refractivity contribution in [2.45, 2.75) is 31.8 Å². The number of halogens is 3. The number of aromatic amines is 1. The van der Waals surface area contributed by atoms with Crippen molar-refractivity contribution in [3.8, 4) is 5.75 Å². The average molecular weight is 389 g/mol. The van der Waals surface area contributed by atoms with Gasteiger partial charge >= 0.3 is 6.36 Å². The molecule has 0 bridgehead atoms. The minimum absolute atomic E-state index is 0.196. The minimum atomic E-state index is -4.67. The van der Waals surface area contributed by atoms with Gasteiger partial charge < -0.3 is 19.9 Å². The van der Waals surface area contributed by atoms with Gasteiger partial charge in [0.1, 0.15) is 5.75 Å². The van der Waals surface area contributed by atoms with Gasteiger partial charge in [-0.1, -0.05) is 12.1 Å². The Morgan fingerprint density at radius 1 is 1.00 bits per heavy atom. The molecule has 0 atom stereocenters. The van der Waals surface area contributed by atoms with Gasteiger partial charge in [0.25, 0.3) is 0 Å². The number of H-pyrrole nitrogens is 1. The Bertz CT molecular complexity index is 915. The molecule has 0 spiro atoms. The monoisotopic (exact) mass is 389 g/mol. The summed E-state index contributed by atoms with van der Waals surface area (Å²) in [4.78, 5) is 5.56. The number of benzene rings is 2. The number of alkyl halides is 3. The standard InChI is InChI=1S/C21H22F3N3O/c22-21(23,24)28-19-4-1-15(2-5-19)14-27(17-8-10-25-11-9-17)18-3-6-20-16(13-18)7-12-26-20/h1-7,12-13,17,25-26H,8-11,14H2. The highest BCUT2D eigenvalue weighted by Crippen LogP contribution is 2.29. The highest BCUT2D eigenvalue weighted by Gasteiger charge is 2.31. The maximum atomic E-state index is 12.4. The van der Waals surface area contributed by atoms with Gasteiger partial charge in [-0.3, -0.25) is 0 Å². The molecule has 0 radical (unpaired) electrons. The third-order valence-electron chi connectivity index (χ3n) is 5.13. The zero-order valence-electron chi connectivity index (χ0n) is 15.3. The van der Waals surface area contributed by atoms with Crippen LogP contribution in [0.5, 0.6) is 5.75 Å². The molecule has 1 fully saturated rings. The van der Waals surface area contributed by atoms with Crippen LogP contribution in [0.2, 0.25) is 0 Å². The normalized spacial score (nSPS) is 15.7. The number of fused-ring (bicyclic) bond motifs is 1. The van der Waals surface area contributed by atoms with Crippen LogP contribution in [0.15, 0.2) is 54.7 Å². The number of nitrogens with one attached hydrogen (secondary N) is 2. The van der Waals surface area contributed by atoms with Gasteiger partial charge in [-0.25, -0.2) is 0 Å². The number of hydrogen-bond acceptors (Lipinski definition) is 3. The summed E-state index contributed by atoms with van der Waals surface area (Å²) in [6.07, 6.45) is -0.696. The van der Waals surface area contributed by atoms with E-state index in [0.717, 1.165) is 48.1 Å². The molecule has 1 aromatic heterocycles. The van der Waals surface area contributed by atoms with Gasteiger partial charge in [0.05, 0.1) is 0 Å². The van der Waals surface area contributed by atoms with E-state index in [1.165, 1.54) is 12.1 Å². The van der Waals surface area contributed by atoms with Crippen molar-refractivity contribution in [1.29, 1.82) is 0 Å². The Morgan fingerprint density at radius 3 is 2.46 bits per heavy atom. The summed E-state index contributed by atoms with van der Waals surface area (Å²) < 4.78 is 41.1. The molecule has 3 aromatic rings. The van der Waals surface area contributed by atoms with Crippen LogP contribution >= 0.6 is 0 Å². The molecular formula is C21H22F3N3O. The van der Waals surface area contributed by atoms with Crippen molar-refractivity contribution in [3.63, 3.8) is 0 Å². The summed E-state index contributed by atoms with van der Waals surface area (Å²) in [5.41, 5.74) is 3.15. The Kier molecular flexibility index (Phi) is 5.17. The summed E-state index contributed by atoms with van der Waals surface area (Å²) >= 11 is 0. The first-order valence-electron chi connectivity index (χ1n) is 9.37. The molecular weight excluding hydrogens is 367 g/mol. The molecule has 28 heavy (non-hydrogen) atoms. The first-order valence-corrected chi connectivity index (χ1v) is 9.37. The number of ether oxygens (including phenoxy) is 1. The van der Waals surface area contributed by atoms with Crippen LogP contribution in [0.4, 0.5) is 18.9 Å². The Morgan fingerprint density at radius 2 is 1.75 bits per heavy atom. The van der Waals surface area contributed by atoms with Crippen molar-refractivity contribution >= 4 is 16.6 Å². The second kappa shape index (κ2) is 7.75. The molecule has 7 heteroatoms. The Balaban J connectivity index is 1.58. The molecule has 1 aliphatic rings. The lowest BCUT2D eigenvalue weighted by molar-refractivity contribution is -0.274. The minimum Gasteiger partial charge on any atom is -0.406 e. The van der Waals surface area contributed by atoms with Crippen LogP contribution in [0.1, 0.15) is 18.4 Å². The fourth-order valence-electron chi connectivity index (χ4n) is 3.76. The number of nitrogens with zero attached hydrogens (tertiary/aromatic N) is 1. The lowest BCUT2D eigenvalue weighted by Gasteiger charge is -2.36. The lowest BCUT2D eigenvalue weighted by atomic mass is 10.0. The highest BCUT2D eigenvalue weighted by atomic mass is 19.4. The van der Waals surface area contributed by atoms with E-state index in [1.807, 2.05) is 12.3 Å². The summed E-state index contributed by atoms with van der Waals surface area (Å²) in [7, 11) is 0. The molecule has 4 nitrogen and oxygen atoms in total. The van der Waals surface area contributed by atoms with Crippen LogP contribution in [0.25, 0.3) is 10.9 Å². The predicted octanol–water partition coefficient (Wildman–Crippen LogP) is 4.83. The average Bonchev–Trinajstić information content (AvgIpc) is 3.15. The van der Waals surface area contributed by atoms with Gasteiger partial charge in [0.15, 0.2) is 0 Å². The fourth-order valence-corrected chi connectivity index (χ4v) is 3.76. The Hall–Kier alpha value is -2.67. The molecule has 0 unspecified atom stereocenters. The van der Waals surface area contributed by atoms with Crippen molar-refractivity contribution in [2.75, 3.05) is 18.0 Å². The Labute approximate surface area is 161 Å². The first kappa shape index (κ1) is 18.7. The van der Waals surface area contributed by atoms with Crippen LogP contribution in [-0.4, -0.2) is 30.5 Å². The number of anilines is 1. The van der Waals surface area contributed by atoms with Gasteiger partial charge in [0.2, 0.25) is 0 Å². The summed E-state index contributed by atoms with van der Waals surface area (Å²) in [5.74, 6) is -0.196. The van der Waals surface area contributed by atoms with Gasteiger partial charge in [0, 0.05) is 35.4 Å². The first-order chi connectivity index (χ1) is 13.5. The van der Waals surface area contributed by atoms with E-state index >= 15 is 0 Å². The highest BCUT2D eigenvalue weighted by molar-refractivity contribution is 5.83. The van der Waals surface area contributed by atoms with Gasteiger partial charge in [-0.2, -0.15) is 0 Å². The molecule has 2 heterocycles. The van der Waals surface area contributed by atoms with E-state index in [0.29, 0.717) is 12.6 Å². The summed E-state index contributed by atoms with van der Waals surface area (Å²) in [6, 6.07) is 14.9. The fraction of sp³-hybridized carbons (Fsp3) is 0.333. The second-order valence-corrected chi connectivity index (χ2v) is 7.05. The number of hydrogen-bond donors (Lipinski definition) is 2. The molecule has 2 aromatic carbocycles. The van der Waals surface area contributed by atoms with E-state index in [1.54, 1.807) is 12.1 Å². The van der Waals surface area contributed by atoms with Crippen molar-refractivity contribution < 1.29 is 17.9 Å². The number of aromatic nitrogens is 1. The maximum Gasteiger partial charge on any atom is 0.573 e. The second-order valence-electron chi connectivity index (χ2n) is 7.05. The van der Waals surface area contributed by atoms with E-state index < -0.39 is 6.36 Å². The molecule has 4 rings (SSSR count). The number of piperidine rings is 1. The van der Waals surface area contributed by atoms with E-state index in [4.69, 9.17) is 0 Å². The van der Waals surface area contributed by atoms with Crippen molar-refractivity contribution in [1.82, 2.24) is 10.3 Å². The molecule has 0 saturated carbocycles. The zero-order chi connectivity index (χ0) is 19.6. The van der Waals surface area contributed by atoms with Crippen LogP contribution < -0.4 is 15.0 Å². The molecule has 0 amide bonds. The molecule has 2 N–H and O–H groups in total. The molecule has 1 aliphatic heterocycles. The quantitative estimate of drug-likeness (QED) is 0.657. The van der Waals surface area contributed by atoms with E-state index in [-0.39, 0.29) is 5.75 Å². The molecule has 0 aliphatic carbocycles. The predicted molar refractivity (Wildman–Crippen MR) is 103 cm³/mol. The van der Waals surface area contributed by atoms with Gasteiger partial charge in [-0.15, -0.1) is 13.2 Å². The molecule has 148 valence electrons. The largest absolute Gasteiger partial charge is 0.573 e. The van der Waals surface area contributed by atoms with Crippen LogP contribution in [0.3, 0.4) is 0 Å². The van der Waals surface area contributed by atoms with E-state index in [9.17, 15) is 13.2 Å². The number of rotatable bonds is 5. The van der Waals surface area contributed by atoms with Crippen molar-refractivity contribution in [3.05, 3.63) is 60.3 Å². The van der Waals surface area contributed by atoms with Crippen LogP contribution in [0, 0.1) is 0 Å². The third-order valence-corrected chi connectivity index (χ3v) is 5.13.